The second kappa shape index (κ2) is 47.1. The van der Waals surface area contributed by atoms with E-state index in [-0.39, 0.29) is 19.1 Å². The van der Waals surface area contributed by atoms with Gasteiger partial charge < -0.3 is 19.8 Å². The van der Waals surface area contributed by atoms with Gasteiger partial charge in [-0.05, 0) is 44.9 Å². The van der Waals surface area contributed by atoms with Gasteiger partial charge in [0.05, 0.1) is 39.9 Å². The molecule has 1 amide bonds. The molecule has 0 aliphatic carbocycles. The lowest BCUT2D eigenvalue weighted by Gasteiger charge is -2.25. The van der Waals surface area contributed by atoms with Crippen LogP contribution in [0.25, 0.3) is 0 Å². The number of allylic oxidation sites excluding steroid dienone is 3. The molecule has 0 aliphatic heterocycles. The molecule has 0 saturated carbocycles. The number of phosphoric acid groups is 1. The first-order valence-electron chi connectivity index (χ1n) is 27.7. The maximum absolute atomic E-state index is 12.9. The van der Waals surface area contributed by atoms with Crippen molar-refractivity contribution in [2.75, 3.05) is 40.9 Å². The third-order valence-corrected chi connectivity index (χ3v) is 13.6. The van der Waals surface area contributed by atoms with Gasteiger partial charge >= 0.3 is 7.82 Å². The number of rotatable bonds is 51. The highest BCUT2D eigenvalue weighted by Crippen LogP contribution is 2.43. The number of quaternary nitrogens is 1. The van der Waals surface area contributed by atoms with Crippen LogP contribution < -0.4 is 5.32 Å². The van der Waals surface area contributed by atoms with Gasteiger partial charge in [0.25, 0.3) is 0 Å². The molecule has 8 nitrogen and oxygen atoms in total. The normalized spacial score (nSPS) is 14.2. The van der Waals surface area contributed by atoms with E-state index in [4.69, 9.17) is 9.05 Å². The molecule has 9 heteroatoms. The van der Waals surface area contributed by atoms with Crippen molar-refractivity contribution in [1.82, 2.24) is 5.32 Å². The molecule has 0 aliphatic rings. The summed E-state index contributed by atoms with van der Waals surface area (Å²) in [4.78, 5) is 23.1. The molecule has 0 aromatic carbocycles. The van der Waals surface area contributed by atoms with Crippen LogP contribution >= 0.6 is 7.82 Å². The fourth-order valence-corrected chi connectivity index (χ4v) is 9.01. The summed E-state index contributed by atoms with van der Waals surface area (Å²) in [6.45, 7) is 4.77. The van der Waals surface area contributed by atoms with Crippen LogP contribution in [0.5, 0.6) is 0 Å². The van der Waals surface area contributed by atoms with E-state index in [0.29, 0.717) is 17.4 Å². The number of likely N-dealkylation sites (N-methyl/N-ethyl adjacent to an activating group) is 1. The zero-order chi connectivity index (χ0) is 47.1. The molecule has 3 N–H and O–H groups in total. The van der Waals surface area contributed by atoms with Crippen molar-refractivity contribution in [2.24, 2.45) is 0 Å². The van der Waals surface area contributed by atoms with Crippen molar-refractivity contribution in [3.05, 3.63) is 24.3 Å². The number of hydrogen-bond donors (Lipinski definition) is 3. The largest absolute Gasteiger partial charge is 0.472 e. The van der Waals surface area contributed by atoms with E-state index < -0.39 is 20.0 Å². The number of nitrogens with one attached hydrogen (secondary N) is 1. The Morgan fingerprint density at radius 2 is 0.844 bits per heavy atom. The molecule has 0 rings (SSSR count). The van der Waals surface area contributed by atoms with Gasteiger partial charge in [-0.2, -0.15) is 0 Å². The van der Waals surface area contributed by atoms with Gasteiger partial charge in [0, 0.05) is 6.42 Å². The zero-order valence-electron chi connectivity index (χ0n) is 43.3. The number of carbonyl (C=O) groups is 1. The summed E-state index contributed by atoms with van der Waals surface area (Å²) in [5, 5.41) is 13.7. The molecule has 380 valence electrons. The van der Waals surface area contributed by atoms with E-state index in [2.05, 4.69) is 31.3 Å². The molecule has 0 fully saturated rings. The van der Waals surface area contributed by atoms with Gasteiger partial charge in [-0.3, -0.25) is 13.8 Å². The van der Waals surface area contributed by atoms with E-state index in [0.717, 1.165) is 38.5 Å². The fraction of sp³-hybridized carbons (Fsp3) is 0.909. The van der Waals surface area contributed by atoms with E-state index in [1.807, 2.05) is 27.2 Å². The summed E-state index contributed by atoms with van der Waals surface area (Å²) < 4.78 is 23.5. The molecule has 0 saturated heterocycles. The number of hydrogen-bond acceptors (Lipinski definition) is 5. The standard InChI is InChI=1S/C55H109N2O6P/c1-6-8-10-12-14-15-16-17-18-19-20-21-22-23-24-25-26-27-28-29-30-31-32-33-34-35-36-37-38-39-40-41-43-45-47-49-55(59)56-53(54(58)48-46-44-42-13-11-9-7-2)52-63-64(60,61)62-51-50-57(3,4)5/h19-20,46,48,53-54,58H,6-18,21-45,47,49-52H2,1-5H3,(H-,56,59,60,61)/p+1/b20-19-,48-46+. The highest BCUT2D eigenvalue weighted by atomic mass is 31.2. The number of amides is 1. The molecule has 0 aromatic heterocycles. The number of unbranched alkanes of at least 4 members (excludes halogenated alkanes) is 36. The van der Waals surface area contributed by atoms with E-state index >= 15 is 0 Å². The maximum atomic E-state index is 12.9. The number of aliphatic hydroxyl groups is 1. The number of aliphatic hydroxyl groups excluding tert-OH is 1. The Kier molecular flexibility index (Phi) is 46.3. The molecule has 0 spiro atoms. The minimum Gasteiger partial charge on any atom is -0.387 e. The quantitative estimate of drug-likeness (QED) is 0.0243. The number of phosphoric ester groups is 1. The third-order valence-electron chi connectivity index (χ3n) is 12.7. The Bertz CT molecular complexity index is 1090. The van der Waals surface area contributed by atoms with Gasteiger partial charge in [0.15, 0.2) is 0 Å². The third kappa shape index (κ3) is 48.9. The Morgan fingerprint density at radius 3 is 1.20 bits per heavy atom. The van der Waals surface area contributed by atoms with Gasteiger partial charge in [0.1, 0.15) is 13.2 Å². The zero-order valence-corrected chi connectivity index (χ0v) is 44.2. The van der Waals surface area contributed by atoms with Gasteiger partial charge in [0.2, 0.25) is 5.91 Å². The van der Waals surface area contributed by atoms with Crippen molar-refractivity contribution in [3.8, 4) is 0 Å². The maximum Gasteiger partial charge on any atom is 0.472 e. The molecule has 0 aromatic rings. The first-order chi connectivity index (χ1) is 31.0. The van der Waals surface area contributed by atoms with Crippen LogP contribution in [0, 0.1) is 0 Å². The van der Waals surface area contributed by atoms with E-state index in [9.17, 15) is 19.4 Å². The summed E-state index contributed by atoms with van der Waals surface area (Å²) in [6, 6.07) is -0.840. The minimum absolute atomic E-state index is 0.0632. The van der Waals surface area contributed by atoms with Crippen LogP contribution in [-0.4, -0.2) is 73.4 Å². The van der Waals surface area contributed by atoms with Crippen molar-refractivity contribution < 1.29 is 32.9 Å². The Balaban J connectivity index is 3.79. The van der Waals surface area contributed by atoms with Crippen molar-refractivity contribution in [3.63, 3.8) is 0 Å². The average molecular weight is 926 g/mol. The number of carbonyl (C=O) groups excluding carboxylic acids is 1. The number of nitrogens with zero attached hydrogens (tertiary/aromatic N) is 1. The van der Waals surface area contributed by atoms with Gasteiger partial charge in [-0.25, -0.2) is 4.57 Å². The fourth-order valence-electron chi connectivity index (χ4n) is 8.27. The lowest BCUT2D eigenvalue weighted by atomic mass is 10.0. The van der Waals surface area contributed by atoms with E-state index in [1.165, 1.54) is 212 Å². The molecular weight excluding hydrogens is 816 g/mol. The summed E-state index contributed by atoms with van der Waals surface area (Å²) >= 11 is 0. The van der Waals surface area contributed by atoms with Crippen LogP contribution in [0.15, 0.2) is 24.3 Å². The predicted molar refractivity (Wildman–Crippen MR) is 277 cm³/mol. The second-order valence-electron chi connectivity index (χ2n) is 20.3. The van der Waals surface area contributed by atoms with Crippen LogP contribution in [0.2, 0.25) is 0 Å². The Labute approximate surface area is 398 Å². The smallest absolute Gasteiger partial charge is 0.387 e. The van der Waals surface area contributed by atoms with Crippen LogP contribution in [0.3, 0.4) is 0 Å². The average Bonchev–Trinajstić information content (AvgIpc) is 3.25. The van der Waals surface area contributed by atoms with E-state index in [1.54, 1.807) is 6.08 Å². The lowest BCUT2D eigenvalue weighted by Crippen LogP contribution is -2.45. The monoisotopic (exact) mass is 926 g/mol. The van der Waals surface area contributed by atoms with Crippen LogP contribution in [0.4, 0.5) is 0 Å². The van der Waals surface area contributed by atoms with Crippen molar-refractivity contribution in [2.45, 2.75) is 283 Å². The molecule has 64 heavy (non-hydrogen) atoms. The first kappa shape index (κ1) is 63.0. The lowest BCUT2D eigenvalue weighted by molar-refractivity contribution is -0.870. The van der Waals surface area contributed by atoms with Gasteiger partial charge in [-0.15, -0.1) is 0 Å². The second-order valence-corrected chi connectivity index (χ2v) is 21.8. The van der Waals surface area contributed by atoms with Crippen LogP contribution in [-0.2, 0) is 18.4 Å². The summed E-state index contributed by atoms with van der Waals surface area (Å²) in [5.41, 5.74) is 0. The molecule has 0 bridgehead atoms. The molecular formula is C55H110N2O6P+. The first-order valence-corrected chi connectivity index (χ1v) is 29.2. The minimum atomic E-state index is -4.33. The van der Waals surface area contributed by atoms with Crippen LogP contribution in [0.1, 0.15) is 271 Å². The summed E-state index contributed by atoms with van der Waals surface area (Å²) in [5.74, 6) is -0.177. The summed E-state index contributed by atoms with van der Waals surface area (Å²) in [7, 11) is 1.58. The highest BCUT2D eigenvalue weighted by Gasteiger charge is 2.27. The Morgan fingerprint density at radius 1 is 0.516 bits per heavy atom. The van der Waals surface area contributed by atoms with Crippen molar-refractivity contribution in [1.29, 1.82) is 0 Å². The Hall–Kier alpha value is -1.02. The SMILES string of the molecule is CCCCCCC/C=C/C(O)C(COP(=O)(O)OCC[N+](C)(C)C)NC(=O)CCCCCCCCCCCCCCCCCCCCCCCCC/C=C\CCCCCCCCCC. The molecule has 0 radical (unpaired) electrons. The summed E-state index contributed by atoms with van der Waals surface area (Å²) in [6.07, 6.45) is 59.0. The molecule has 0 heterocycles. The molecule has 3 unspecified atom stereocenters. The molecule has 3 atom stereocenters. The highest BCUT2D eigenvalue weighted by molar-refractivity contribution is 7.47. The van der Waals surface area contributed by atoms with Gasteiger partial charge in [-0.1, -0.05) is 244 Å². The van der Waals surface area contributed by atoms with Crippen molar-refractivity contribution >= 4 is 13.7 Å². The topological polar surface area (TPSA) is 105 Å². The predicted octanol–water partition coefficient (Wildman–Crippen LogP) is 16.4.